The fourth-order valence-corrected chi connectivity index (χ4v) is 3.52. The third-order valence-corrected chi connectivity index (χ3v) is 4.38. The first-order valence-electron chi connectivity index (χ1n) is 6.85. The molecule has 2 rings (SSSR count). The van der Waals surface area contributed by atoms with Crippen LogP contribution in [0.3, 0.4) is 0 Å². The molecular formula is C14H24FNO3. The molecule has 2 aliphatic rings. The minimum absolute atomic E-state index is 0.267. The van der Waals surface area contributed by atoms with Gasteiger partial charge in [-0.2, -0.15) is 0 Å². The van der Waals surface area contributed by atoms with Crippen molar-refractivity contribution < 1.29 is 19.0 Å². The number of carbonyl (C=O) groups excluding carboxylic acids is 1. The van der Waals surface area contributed by atoms with E-state index in [9.17, 15) is 14.3 Å². The molecule has 0 spiro atoms. The first-order chi connectivity index (χ1) is 8.50. The van der Waals surface area contributed by atoms with Crippen molar-refractivity contribution in [3.8, 4) is 0 Å². The molecule has 110 valence electrons. The average molecular weight is 273 g/mol. The second-order valence-corrected chi connectivity index (χ2v) is 7.34. The van der Waals surface area contributed by atoms with Crippen molar-refractivity contribution in [2.75, 3.05) is 0 Å². The number of nitrogens with zero attached hydrogens (tertiary/aromatic N) is 1. The minimum Gasteiger partial charge on any atom is -0.444 e. The molecule has 0 aromatic rings. The SMILES string of the molecule is CC(C)(C)OC(=O)N1[C@@]2(C)CC[C@]1(C)[C@@H](F)[C@@H](O)C2. The van der Waals surface area contributed by atoms with E-state index in [-0.39, 0.29) is 6.42 Å². The molecule has 2 bridgehead atoms. The number of piperidine rings is 1. The Morgan fingerprint density at radius 3 is 2.47 bits per heavy atom. The molecule has 2 heterocycles. The number of alkyl halides is 1. The van der Waals surface area contributed by atoms with E-state index < -0.39 is 35.0 Å². The van der Waals surface area contributed by atoms with Crippen LogP contribution in [0.25, 0.3) is 0 Å². The molecule has 0 aliphatic carbocycles. The average Bonchev–Trinajstić information content (AvgIpc) is 2.43. The highest BCUT2D eigenvalue weighted by Crippen LogP contribution is 2.52. The van der Waals surface area contributed by atoms with Gasteiger partial charge < -0.3 is 9.84 Å². The molecule has 0 radical (unpaired) electrons. The normalized spacial score (nSPS) is 42.4. The zero-order chi connectivity index (χ0) is 14.6. The first-order valence-corrected chi connectivity index (χ1v) is 6.85. The Morgan fingerprint density at radius 1 is 1.37 bits per heavy atom. The summed E-state index contributed by atoms with van der Waals surface area (Å²) in [5.74, 6) is 0. The van der Waals surface area contributed by atoms with Crippen molar-refractivity contribution in [2.45, 2.75) is 82.8 Å². The van der Waals surface area contributed by atoms with Gasteiger partial charge in [-0.25, -0.2) is 9.18 Å². The summed E-state index contributed by atoms with van der Waals surface area (Å²) in [6, 6.07) is 0. The highest BCUT2D eigenvalue weighted by Gasteiger charge is 2.63. The highest BCUT2D eigenvalue weighted by molar-refractivity contribution is 5.71. The molecule has 1 N–H and O–H groups in total. The Kier molecular flexibility index (Phi) is 3.12. The lowest BCUT2D eigenvalue weighted by Crippen LogP contribution is -2.66. The largest absolute Gasteiger partial charge is 0.444 e. The first kappa shape index (κ1) is 14.6. The van der Waals surface area contributed by atoms with Gasteiger partial charge in [-0.15, -0.1) is 0 Å². The number of halogens is 1. The summed E-state index contributed by atoms with van der Waals surface area (Å²) in [5.41, 5.74) is -2.08. The van der Waals surface area contributed by atoms with Gasteiger partial charge in [0.2, 0.25) is 0 Å². The van der Waals surface area contributed by atoms with E-state index >= 15 is 0 Å². The fourth-order valence-electron chi connectivity index (χ4n) is 3.52. The molecule has 0 aromatic carbocycles. The topological polar surface area (TPSA) is 49.8 Å². The molecule has 4 nitrogen and oxygen atoms in total. The third kappa shape index (κ3) is 2.22. The van der Waals surface area contributed by atoms with Crippen LogP contribution < -0.4 is 0 Å². The standard InChI is InChI=1S/C14H24FNO3/c1-12(2,3)19-11(18)16-13(4)6-7-14(16,5)10(15)9(17)8-13/h9-10,17H,6-8H2,1-5H3/t9-,10-,13-,14+/m0/s1. The van der Waals surface area contributed by atoms with E-state index in [0.29, 0.717) is 12.8 Å². The number of carbonyl (C=O) groups is 1. The lowest BCUT2D eigenvalue weighted by molar-refractivity contribution is -0.107. The van der Waals surface area contributed by atoms with Crippen LogP contribution in [0.2, 0.25) is 0 Å². The van der Waals surface area contributed by atoms with Crippen LogP contribution in [0.15, 0.2) is 0 Å². The maximum Gasteiger partial charge on any atom is 0.411 e. The Morgan fingerprint density at radius 2 is 1.95 bits per heavy atom. The van der Waals surface area contributed by atoms with Crippen molar-refractivity contribution in [3.05, 3.63) is 0 Å². The van der Waals surface area contributed by atoms with Gasteiger partial charge >= 0.3 is 6.09 Å². The van der Waals surface area contributed by atoms with E-state index in [0.717, 1.165) is 0 Å². The molecule has 0 unspecified atom stereocenters. The van der Waals surface area contributed by atoms with Gasteiger partial charge in [-0.05, 0) is 53.9 Å². The zero-order valence-corrected chi connectivity index (χ0v) is 12.4. The monoisotopic (exact) mass is 273 g/mol. The number of aliphatic hydroxyl groups excluding tert-OH is 1. The zero-order valence-electron chi connectivity index (χ0n) is 12.4. The molecular weight excluding hydrogens is 249 g/mol. The summed E-state index contributed by atoms with van der Waals surface area (Å²) >= 11 is 0. The molecule has 2 saturated heterocycles. The van der Waals surface area contributed by atoms with Gasteiger partial charge in [0.25, 0.3) is 0 Å². The number of ether oxygens (including phenoxy) is 1. The number of fused-ring (bicyclic) bond motifs is 2. The highest BCUT2D eigenvalue weighted by atomic mass is 19.1. The molecule has 4 atom stereocenters. The molecule has 0 saturated carbocycles. The summed E-state index contributed by atoms with van der Waals surface area (Å²) < 4.78 is 19.8. The molecule has 0 aromatic heterocycles. The fraction of sp³-hybridized carbons (Fsp3) is 0.929. The lowest BCUT2D eigenvalue weighted by atomic mass is 9.82. The quantitative estimate of drug-likeness (QED) is 0.738. The number of hydrogen-bond donors (Lipinski definition) is 1. The van der Waals surface area contributed by atoms with Crippen LogP contribution in [-0.2, 0) is 4.74 Å². The Balaban J connectivity index is 2.32. The van der Waals surface area contributed by atoms with Crippen molar-refractivity contribution >= 4 is 6.09 Å². The number of rotatable bonds is 0. The second kappa shape index (κ2) is 4.08. The maximum atomic E-state index is 14.4. The van der Waals surface area contributed by atoms with Gasteiger partial charge in [0, 0.05) is 5.54 Å². The van der Waals surface area contributed by atoms with Crippen LogP contribution >= 0.6 is 0 Å². The Bertz CT molecular complexity index is 395. The van der Waals surface area contributed by atoms with Crippen molar-refractivity contribution in [1.82, 2.24) is 4.90 Å². The smallest absolute Gasteiger partial charge is 0.411 e. The van der Waals surface area contributed by atoms with Crippen LogP contribution in [0.1, 0.15) is 53.9 Å². The summed E-state index contributed by atoms with van der Waals surface area (Å²) in [6.45, 7) is 8.99. The second-order valence-electron chi connectivity index (χ2n) is 7.34. The van der Waals surface area contributed by atoms with E-state index in [2.05, 4.69) is 0 Å². The van der Waals surface area contributed by atoms with E-state index in [1.165, 1.54) is 4.90 Å². The summed E-state index contributed by atoms with van der Waals surface area (Å²) in [4.78, 5) is 13.9. The van der Waals surface area contributed by atoms with Crippen LogP contribution in [0.4, 0.5) is 9.18 Å². The molecule has 2 fully saturated rings. The predicted octanol–water partition coefficient (Wildman–Crippen LogP) is 2.64. The van der Waals surface area contributed by atoms with Crippen molar-refractivity contribution in [1.29, 1.82) is 0 Å². The van der Waals surface area contributed by atoms with Gasteiger partial charge in [0.15, 0.2) is 0 Å². The number of aliphatic hydroxyl groups is 1. The van der Waals surface area contributed by atoms with E-state index in [4.69, 9.17) is 4.74 Å². The Labute approximate surface area is 113 Å². The number of hydrogen-bond acceptors (Lipinski definition) is 3. The van der Waals surface area contributed by atoms with Crippen LogP contribution in [0.5, 0.6) is 0 Å². The maximum absolute atomic E-state index is 14.4. The van der Waals surface area contributed by atoms with Crippen LogP contribution in [-0.4, -0.2) is 45.1 Å². The van der Waals surface area contributed by atoms with Gasteiger partial charge in [-0.1, -0.05) is 0 Å². The summed E-state index contributed by atoms with van der Waals surface area (Å²) in [6.07, 6.45) is -1.39. The third-order valence-electron chi connectivity index (χ3n) is 4.38. The van der Waals surface area contributed by atoms with E-state index in [1.54, 1.807) is 27.7 Å². The van der Waals surface area contributed by atoms with Gasteiger partial charge in [0.05, 0.1) is 11.6 Å². The Hall–Kier alpha value is -0.840. The van der Waals surface area contributed by atoms with Crippen molar-refractivity contribution in [2.24, 2.45) is 0 Å². The molecule has 2 aliphatic heterocycles. The minimum atomic E-state index is -1.42. The predicted molar refractivity (Wildman–Crippen MR) is 69.6 cm³/mol. The van der Waals surface area contributed by atoms with Crippen molar-refractivity contribution in [3.63, 3.8) is 0 Å². The number of amides is 1. The summed E-state index contributed by atoms with van der Waals surface area (Å²) in [5, 5.41) is 9.87. The van der Waals surface area contributed by atoms with Gasteiger partial charge in [0.1, 0.15) is 11.8 Å². The molecule has 1 amide bonds. The van der Waals surface area contributed by atoms with E-state index in [1.807, 2.05) is 6.92 Å². The summed E-state index contributed by atoms with van der Waals surface area (Å²) in [7, 11) is 0. The molecule has 19 heavy (non-hydrogen) atoms. The van der Waals surface area contributed by atoms with Crippen LogP contribution in [0, 0.1) is 0 Å². The molecule has 5 heteroatoms. The van der Waals surface area contributed by atoms with Gasteiger partial charge in [-0.3, -0.25) is 4.90 Å². The lowest BCUT2D eigenvalue weighted by Gasteiger charge is -2.51.